The van der Waals surface area contributed by atoms with E-state index in [0.29, 0.717) is 39.3 Å². The molecule has 4 rings (SSSR count). The summed E-state index contributed by atoms with van der Waals surface area (Å²) < 4.78 is 24.6. The van der Waals surface area contributed by atoms with Gasteiger partial charge in [0, 0.05) is 31.0 Å². The molecule has 0 amide bonds. The van der Waals surface area contributed by atoms with Crippen molar-refractivity contribution in [2.24, 2.45) is 0 Å². The molecular weight excluding hydrogens is 399 g/mol. The highest BCUT2D eigenvalue weighted by Crippen LogP contribution is 2.39. The van der Waals surface area contributed by atoms with Crippen LogP contribution < -0.4 is 9.47 Å². The number of carbonyl (C=O) groups excluding carboxylic acids is 2. The summed E-state index contributed by atoms with van der Waals surface area (Å²) in [6.45, 7) is 2.61. The van der Waals surface area contributed by atoms with Crippen LogP contribution in [0.1, 0.15) is 13.8 Å². The van der Waals surface area contributed by atoms with Crippen LogP contribution in [0.3, 0.4) is 0 Å². The predicted octanol–water partition coefficient (Wildman–Crippen LogP) is 4.95. The Labute approximate surface area is 177 Å². The first kappa shape index (κ1) is 20.2. The summed E-state index contributed by atoms with van der Waals surface area (Å²) in [6.07, 6.45) is 0. The van der Waals surface area contributed by atoms with Crippen molar-refractivity contribution in [1.29, 1.82) is 0 Å². The Morgan fingerprint density at radius 2 is 1.19 bits per heavy atom. The second-order valence-corrected chi connectivity index (χ2v) is 6.73. The van der Waals surface area contributed by atoms with Crippen LogP contribution in [0.2, 0.25) is 0 Å². The molecule has 0 aliphatic carbocycles. The van der Waals surface area contributed by atoms with Crippen LogP contribution >= 0.6 is 0 Å². The van der Waals surface area contributed by atoms with Crippen LogP contribution in [0.4, 0.5) is 4.39 Å². The number of benzene rings is 3. The van der Waals surface area contributed by atoms with Gasteiger partial charge in [0.1, 0.15) is 28.7 Å². The van der Waals surface area contributed by atoms with Gasteiger partial charge in [0.2, 0.25) is 0 Å². The Morgan fingerprint density at radius 3 is 1.71 bits per heavy atom. The largest absolute Gasteiger partial charge is 0.426 e. The molecule has 0 saturated carbocycles. The van der Waals surface area contributed by atoms with Gasteiger partial charge >= 0.3 is 11.9 Å². The molecule has 4 aromatic rings. The maximum atomic E-state index is 13.9. The Bertz CT molecular complexity index is 1320. The highest BCUT2D eigenvalue weighted by atomic mass is 19.1. The van der Waals surface area contributed by atoms with Crippen molar-refractivity contribution in [3.05, 3.63) is 72.5 Å². The molecule has 31 heavy (non-hydrogen) atoms. The molecule has 3 aromatic carbocycles. The van der Waals surface area contributed by atoms with Gasteiger partial charge in [-0.05, 0) is 36.4 Å². The third kappa shape index (κ3) is 4.25. The van der Waals surface area contributed by atoms with E-state index in [9.17, 15) is 14.0 Å². The van der Waals surface area contributed by atoms with Gasteiger partial charge in [-0.1, -0.05) is 24.3 Å². The molecule has 0 bridgehead atoms. The van der Waals surface area contributed by atoms with Crippen LogP contribution in [-0.2, 0) is 9.59 Å². The zero-order valence-electron chi connectivity index (χ0n) is 16.8. The Morgan fingerprint density at radius 1 is 0.710 bits per heavy atom. The lowest BCUT2D eigenvalue weighted by molar-refractivity contribution is -0.132. The van der Waals surface area contributed by atoms with E-state index >= 15 is 0 Å². The maximum Gasteiger partial charge on any atom is 0.308 e. The van der Waals surface area contributed by atoms with Crippen molar-refractivity contribution in [3.8, 4) is 34.0 Å². The Hall–Kier alpha value is -4.13. The second kappa shape index (κ2) is 8.31. The molecule has 0 N–H and O–H groups in total. The number of para-hydroxylation sites is 2. The lowest BCUT2D eigenvalue weighted by atomic mass is 10.0. The monoisotopic (exact) mass is 416 g/mol. The first-order valence-corrected chi connectivity index (χ1v) is 9.45. The summed E-state index contributed by atoms with van der Waals surface area (Å²) in [7, 11) is 0. The highest BCUT2D eigenvalue weighted by molar-refractivity contribution is 5.90. The molecule has 0 spiro atoms. The number of ether oxygens (including phenoxy) is 2. The first-order chi connectivity index (χ1) is 14.9. The summed E-state index contributed by atoms with van der Waals surface area (Å²) in [5.74, 6) is -0.837. The number of fused-ring (bicyclic) bond motifs is 1. The van der Waals surface area contributed by atoms with Gasteiger partial charge in [-0.3, -0.25) is 9.59 Å². The van der Waals surface area contributed by atoms with Crippen molar-refractivity contribution in [1.82, 2.24) is 9.97 Å². The Kier molecular flexibility index (Phi) is 5.41. The van der Waals surface area contributed by atoms with Crippen LogP contribution in [0.15, 0.2) is 66.7 Å². The zero-order chi connectivity index (χ0) is 22.0. The first-order valence-electron chi connectivity index (χ1n) is 9.45. The van der Waals surface area contributed by atoms with E-state index in [1.165, 1.54) is 32.0 Å². The van der Waals surface area contributed by atoms with Gasteiger partial charge in [-0.15, -0.1) is 0 Å². The molecule has 1 aromatic heterocycles. The van der Waals surface area contributed by atoms with E-state index in [4.69, 9.17) is 14.5 Å². The summed E-state index contributed by atoms with van der Waals surface area (Å²) >= 11 is 0. The van der Waals surface area contributed by atoms with E-state index in [1.54, 1.807) is 48.5 Å². The summed E-state index contributed by atoms with van der Waals surface area (Å²) in [4.78, 5) is 32.6. The number of hydrogen-bond acceptors (Lipinski definition) is 6. The zero-order valence-corrected chi connectivity index (χ0v) is 16.8. The Balaban J connectivity index is 2.04. The smallest absolute Gasteiger partial charge is 0.308 e. The quantitative estimate of drug-likeness (QED) is 0.346. The number of nitrogens with zero attached hydrogens (tertiary/aromatic N) is 2. The number of esters is 2. The van der Waals surface area contributed by atoms with Crippen molar-refractivity contribution < 1.29 is 23.5 Å². The molecule has 0 saturated heterocycles. The second-order valence-electron chi connectivity index (χ2n) is 6.73. The lowest BCUT2D eigenvalue weighted by Crippen LogP contribution is -2.05. The fourth-order valence-corrected chi connectivity index (χ4v) is 3.22. The summed E-state index contributed by atoms with van der Waals surface area (Å²) in [6, 6.07) is 17.9. The third-order valence-electron chi connectivity index (χ3n) is 4.42. The van der Waals surface area contributed by atoms with E-state index in [2.05, 4.69) is 4.98 Å². The lowest BCUT2D eigenvalue weighted by Gasteiger charge is -2.15. The van der Waals surface area contributed by atoms with Crippen LogP contribution in [0.5, 0.6) is 11.5 Å². The number of halogens is 1. The number of rotatable bonds is 4. The van der Waals surface area contributed by atoms with E-state index < -0.39 is 17.8 Å². The maximum absolute atomic E-state index is 13.9. The normalized spacial score (nSPS) is 10.7. The number of carbonyl (C=O) groups is 2. The molecule has 0 aliphatic rings. The van der Waals surface area contributed by atoms with Gasteiger partial charge in [0.15, 0.2) is 0 Å². The molecule has 0 aliphatic heterocycles. The van der Waals surface area contributed by atoms with E-state index in [1.807, 2.05) is 0 Å². The fourth-order valence-electron chi connectivity index (χ4n) is 3.22. The topological polar surface area (TPSA) is 78.4 Å². The molecule has 0 atom stereocenters. The van der Waals surface area contributed by atoms with Gasteiger partial charge < -0.3 is 9.47 Å². The minimum Gasteiger partial charge on any atom is -0.426 e. The van der Waals surface area contributed by atoms with E-state index in [-0.39, 0.29) is 5.75 Å². The average molecular weight is 416 g/mol. The van der Waals surface area contributed by atoms with Gasteiger partial charge in [-0.2, -0.15) is 0 Å². The van der Waals surface area contributed by atoms with Crippen molar-refractivity contribution in [2.75, 3.05) is 0 Å². The average Bonchev–Trinajstić information content (AvgIpc) is 2.73. The standard InChI is InChI=1S/C24H17FN2O4/c1-14(28)30-21-9-5-3-7-17(21)23-24(18-8-4-6-10-22(18)31-15(2)29)27-20-13-16(25)11-12-19(20)26-23/h3-13H,1-2H3. The minimum absolute atomic E-state index is 0.284. The van der Waals surface area contributed by atoms with Crippen LogP contribution in [0.25, 0.3) is 33.5 Å². The van der Waals surface area contributed by atoms with Crippen LogP contribution in [-0.4, -0.2) is 21.9 Å². The predicted molar refractivity (Wildman–Crippen MR) is 113 cm³/mol. The van der Waals surface area contributed by atoms with Crippen molar-refractivity contribution >= 4 is 23.0 Å². The minimum atomic E-state index is -0.492. The molecule has 1 heterocycles. The summed E-state index contributed by atoms with van der Waals surface area (Å²) in [5.41, 5.74) is 2.56. The summed E-state index contributed by atoms with van der Waals surface area (Å²) in [5, 5.41) is 0. The van der Waals surface area contributed by atoms with Crippen molar-refractivity contribution in [3.63, 3.8) is 0 Å². The SMILES string of the molecule is CC(=O)Oc1ccccc1-c1nc2ccc(F)cc2nc1-c1ccccc1OC(C)=O. The molecule has 0 radical (unpaired) electrons. The number of hydrogen-bond donors (Lipinski definition) is 0. The van der Waals surface area contributed by atoms with Crippen molar-refractivity contribution in [2.45, 2.75) is 13.8 Å². The third-order valence-corrected chi connectivity index (χ3v) is 4.42. The van der Waals surface area contributed by atoms with Gasteiger partial charge in [-0.25, -0.2) is 14.4 Å². The molecular formula is C24H17FN2O4. The van der Waals surface area contributed by atoms with E-state index in [0.717, 1.165) is 0 Å². The van der Waals surface area contributed by atoms with Gasteiger partial charge in [0.05, 0.1) is 11.0 Å². The molecule has 154 valence electrons. The number of aromatic nitrogens is 2. The van der Waals surface area contributed by atoms with Crippen LogP contribution in [0, 0.1) is 5.82 Å². The fraction of sp³-hybridized carbons (Fsp3) is 0.0833. The molecule has 0 unspecified atom stereocenters. The molecule has 7 heteroatoms. The van der Waals surface area contributed by atoms with Gasteiger partial charge in [0.25, 0.3) is 0 Å². The molecule has 6 nitrogen and oxygen atoms in total. The molecule has 0 fully saturated rings. The highest BCUT2D eigenvalue weighted by Gasteiger charge is 2.20.